The standard InChI is InChI=1S/C20H30O2/c1-13(12-21)6-5-10-19(3)16-8-7-14(2)15-9-11-20(4,22)17(15)18(16)19/h5-6,10,15-18,21-22H,2,7-9,11-12H2,1,3-4H3/b10-5+,13-6-/t15-,16+,17+,18+,19-,20-/m0/s1. The highest BCUT2D eigenvalue weighted by molar-refractivity contribution is 5.29. The van der Waals surface area contributed by atoms with E-state index in [1.807, 2.05) is 19.9 Å². The van der Waals surface area contributed by atoms with E-state index < -0.39 is 5.60 Å². The number of rotatable bonds is 3. The number of aliphatic hydroxyl groups excluding tert-OH is 1. The van der Waals surface area contributed by atoms with E-state index in [9.17, 15) is 5.11 Å². The maximum Gasteiger partial charge on any atom is 0.0656 e. The smallest absolute Gasteiger partial charge is 0.0656 e. The summed E-state index contributed by atoms with van der Waals surface area (Å²) in [4.78, 5) is 0. The minimum Gasteiger partial charge on any atom is -0.392 e. The maximum absolute atomic E-state index is 10.9. The predicted octanol–water partition coefficient (Wildman–Crippen LogP) is 3.86. The minimum absolute atomic E-state index is 0.118. The molecule has 3 fully saturated rings. The monoisotopic (exact) mass is 302 g/mol. The first-order chi connectivity index (χ1) is 10.3. The van der Waals surface area contributed by atoms with Crippen LogP contribution in [0.3, 0.4) is 0 Å². The molecule has 122 valence electrons. The minimum atomic E-state index is -0.538. The second-order valence-electron chi connectivity index (χ2n) is 8.25. The Bertz CT molecular complexity index is 528. The number of hydrogen-bond donors (Lipinski definition) is 2. The fraction of sp³-hybridized carbons (Fsp3) is 0.700. The van der Waals surface area contributed by atoms with Crippen molar-refractivity contribution in [2.45, 2.75) is 52.1 Å². The van der Waals surface area contributed by atoms with Crippen LogP contribution in [-0.4, -0.2) is 22.4 Å². The molecule has 0 unspecified atom stereocenters. The first-order valence-corrected chi connectivity index (χ1v) is 8.67. The molecular weight excluding hydrogens is 272 g/mol. The van der Waals surface area contributed by atoms with Crippen molar-refractivity contribution < 1.29 is 10.2 Å². The summed E-state index contributed by atoms with van der Waals surface area (Å²) >= 11 is 0. The second-order valence-corrected chi connectivity index (χ2v) is 8.25. The lowest BCUT2D eigenvalue weighted by atomic mass is 9.77. The van der Waals surface area contributed by atoms with E-state index >= 15 is 0 Å². The molecule has 0 spiro atoms. The van der Waals surface area contributed by atoms with Crippen LogP contribution in [0.1, 0.15) is 46.5 Å². The second kappa shape index (κ2) is 5.35. The predicted molar refractivity (Wildman–Crippen MR) is 90.3 cm³/mol. The van der Waals surface area contributed by atoms with E-state index in [4.69, 9.17) is 5.11 Å². The lowest BCUT2D eigenvalue weighted by Gasteiger charge is -2.31. The zero-order valence-electron chi connectivity index (χ0n) is 14.2. The molecule has 0 heterocycles. The van der Waals surface area contributed by atoms with Crippen molar-refractivity contribution in [3.05, 3.63) is 36.0 Å². The molecule has 3 aliphatic carbocycles. The molecule has 22 heavy (non-hydrogen) atoms. The van der Waals surface area contributed by atoms with Gasteiger partial charge in [0.1, 0.15) is 0 Å². The Morgan fingerprint density at radius 1 is 1.32 bits per heavy atom. The van der Waals surface area contributed by atoms with Crippen LogP contribution in [0.2, 0.25) is 0 Å². The molecule has 2 N–H and O–H groups in total. The lowest BCUT2D eigenvalue weighted by molar-refractivity contribution is -0.000466. The Labute approximate surface area is 134 Å². The normalized spacial score (nSPS) is 48.2. The van der Waals surface area contributed by atoms with Gasteiger partial charge in [0.05, 0.1) is 12.2 Å². The fourth-order valence-electron chi connectivity index (χ4n) is 5.34. The van der Waals surface area contributed by atoms with Gasteiger partial charge in [-0.15, -0.1) is 0 Å². The summed E-state index contributed by atoms with van der Waals surface area (Å²) in [5.41, 5.74) is 2.02. The SMILES string of the molecule is C=C1CC[C@@H]2[C@H]([C@H]3[C@H]1CC[C@]3(C)O)[C@@]2(C)/C=C/C=C(/C)CO. The van der Waals surface area contributed by atoms with Crippen molar-refractivity contribution in [2.75, 3.05) is 6.61 Å². The summed E-state index contributed by atoms with van der Waals surface area (Å²) in [6, 6.07) is 0. The fourth-order valence-corrected chi connectivity index (χ4v) is 5.34. The zero-order valence-corrected chi connectivity index (χ0v) is 14.2. The van der Waals surface area contributed by atoms with Gasteiger partial charge in [0.15, 0.2) is 0 Å². The lowest BCUT2D eigenvalue weighted by Crippen LogP contribution is -2.35. The molecule has 3 rings (SSSR count). The quantitative estimate of drug-likeness (QED) is 0.614. The Balaban J connectivity index is 1.85. The van der Waals surface area contributed by atoms with Gasteiger partial charge < -0.3 is 10.2 Å². The average molecular weight is 302 g/mol. The molecule has 0 radical (unpaired) electrons. The van der Waals surface area contributed by atoms with Gasteiger partial charge in [0, 0.05) is 0 Å². The third kappa shape index (κ3) is 2.41. The Morgan fingerprint density at radius 3 is 2.73 bits per heavy atom. The number of allylic oxidation sites excluding steroid dienone is 4. The van der Waals surface area contributed by atoms with Crippen molar-refractivity contribution >= 4 is 0 Å². The summed E-state index contributed by atoms with van der Waals surface area (Å²) in [5.74, 6) is 2.12. The molecule has 0 aromatic carbocycles. The van der Waals surface area contributed by atoms with Gasteiger partial charge in [-0.1, -0.05) is 37.3 Å². The molecule has 0 amide bonds. The number of aliphatic hydroxyl groups is 2. The van der Waals surface area contributed by atoms with E-state index in [0.717, 1.165) is 24.8 Å². The van der Waals surface area contributed by atoms with Gasteiger partial charge in [0.25, 0.3) is 0 Å². The largest absolute Gasteiger partial charge is 0.392 e. The molecule has 3 saturated carbocycles. The Kier molecular flexibility index (Phi) is 3.89. The van der Waals surface area contributed by atoms with Crippen molar-refractivity contribution in [1.29, 1.82) is 0 Å². The zero-order chi connectivity index (χ0) is 16.1. The van der Waals surface area contributed by atoms with Gasteiger partial charge in [-0.2, -0.15) is 0 Å². The highest BCUT2D eigenvalue weighted by atomic mass is 16.3. The van der Waals surface area contributed by atoms with Crippen LogP contribution in [0.25, 0.3) is 0 Å². The third-order valence-corrected chi connectivity index (χ3v) is 6.73. The van der Waals surface area contributed by atoms with Gasteiger partial charge in [-0.25, -0.2) is 0 Å². The van der Waals surface area contributed by atoms with Crippen LogP contribution >= 0.6 is 0 Å². The number of fused-ring (bicyclic) bond motifs is 3. The molecule has 2 heteroatoms. The van der Waals surface area contributed by atoms with Crippen LogP contribution in [0, 0.1) is 29.1 Å². The average Bonchev–Trinajstić information content (AvgIpc) is 2.95. The van der Waals surface area contributed by atoms with Gasteiger partial charge >= 0.3 is 0 Å². The van der Waals surface area contributed by atoms with Gasteiger partial charge in [-0.3, -0.25) is 0 Å². The molecule has 0 aliphatic heterocycles. The summed E-state index contributed by atoms with van der Waals surface area (Å²) < 4.78 is 0. The topological polar surface area (TPSA) is 40.5 Å². The molecule has 0 aromatic rings. The van der Waals surface area contributed by atoms with E-state index in [1.54, 1.807) is 0 Å². The Hall–Kier alpha value is -0.860. The van der Waals surface area contributed by atoms with Crippen LogP contribution in [0.5, 0.6) is 0 Å². The number of hydrogen-bond acceptors (Lipinski definition) is 2. The van der Waals surface area contributed by atoms with Crippen LogP contribution < -0.4 is 0 Å². The molecule has 0 aromatic heterocycles. The summed E-state index contributed by atoms with van der Waals surface area (Å²) in [7, 11) is 0. The summed E-state index contributed by atoms with van der Waals surface area (Å²) in [5, 5.41) is 20.0. The van der Waals surface area contributed by atoms with Crippen LogP contribution in [-0.2, 0) is 0 Å². The highest BCUT2D eigenvalue weighted by Gasteiger charge is 2.68. The third-order valence-electron chi connectivity index (χ3n) is 6.73. The first-order valence-electron chi connectivity index (χ1n) is 8.67. The van der Waals surface area contributed by atoms with E-state index in [0.29, 0.717) is 23.7 Å². The molecule has 6 atom stereocenters. The molecule has 2 nitrogen and oxygen atoms in total. The maximum atomic E-state index is 10.9. The summed E-state index contributed by atoms with van der Waals surface area (Å²) in [6.45, 7) is 10.8. The molecule has 0 saturated heterocycles. The van der Waals surface area contributed by atoms with Crippen LogP contribution in [0.4, 0.5) is 0 Å². The summed E-state index contributed by atoms with van der Waals surface area (Å²) in [6.07, 6.45) is 10.8. The van der Waals surface area contributed by atoms with Crippen molar-refractivity contribution in [3.63, 3.8) is 0 Å². The van der Waals surface area contributed by atoms with E-state index in [2.05, 4.69) is 25.7 Å². The van der Waals surface area contributed by atoms with Crippen molar-refractivity contribution in [1.82, 2.24) is 0 Å². The first kappa shape index (κ1) is 16.0. The van der Waals surface area contributed by atoms with E-state index in [1.165, 1.54) is 12.0 Å². The van der Waals surface area contributed by atoms with E-state index in [-0.39, 0.29) is 12.0 Å². The molecule has 3 aliphatic rings. The Morgan fingerprint density at radius 2 is 2.05 bits per heavy atom. The highest BCUT2D eigenvalue weighted by Crippen LogP contribution is 2.72. The van der Waals surface area contributed by atoms with Gasteiger partial charge in [0.2, 0.25) is 0 Å². The van der Waals surface area contributed by atoms with Crippen molar-refractivity contribution in [3.8, 4) is 0 Å². The van der Waals surface area contributed by atoms with Crippen molar-refractivity contribution in [2.24, 2.45) is 29.1 Å². The van der Waals surface area contributed by atoms with Crippen LogP contribution in [0.15, 0.2) is 36.0 Å². The van der Waals surface area contributed by atoms with Gasteiger partial charge in [-0.05, 0) is 74.2 Å². The molecule has 0 bridgehead atoms. The molecular formula is C20H30O2.